The molecular formula is C36H48BrF3N6O4. The number of halogens is 4. The van der Waals surface area contributed by atoms with Crippen molar-refractivity contribution in [1.29, 1.82) is 10.8 Å². The maximum absolute atomic E-state index is 14.1. The molecule has 1 saturated heterocycles. The Kier molecular flexibility index (Phi) is 15.3. The molecule has 1 saturated carbocycles. The minimum atomic E-state index is -5.08. The lowest BCUT2D eigenvalue weighted by Crippen LogP contribution is -2.53. The smallest absolute Gasteiger partial charge is 0.475 e. The fourth-order valence-corrected chi connectivity index (χ4v) is 6.78. The van der Waals surface area contributed by atoms with E-state index in [9.17, 15) is 22.8 Å². The number of benzene rings is 2. The van der Waals surface area contributed by atoms with Crippen molar-refractivity contribution < 1.29 is 32.7 Å². The van der Waals surface area contributed by atoms with E-state index >= 15 is 0 Å². The van der Waals surface area contributed by atoms with Gasteiger partial charge in [-0.3, -0.25) is 20.4 Å². The summed E-state index contributed by atoms with van der Waals surface area (Å²) in [7, 11) is 0. The van der Waals surface area contributed by atoms with Crippen molar-refractivity contribution in [3.63, 3.8) is 0 Å². The molecule has 7 N–H and O–H groups in total. The summed E-state index contributed by atoms with van der Waals surface area (Å²) in [5.41, 5.74) is 8.12. The molecule has 2 atom stereocenters. The number of nitrogen functional groups attached to an aromatic ring is 1. The van der Waals surface area contributed by atoms with E-state index in [1.807, 2.05) is 48.5 Å². The summed E-state index contributed by atoms with van der Waals surface area (Å²) in [5.74, 6) is -2.08. The number of alkyl halides is 3. The molecule has 2 aromatic rings. The highest BCUT2D eigenvalue weighted by molar-refractivity contribution is 9.10. The number of nitrogens with one attached hydrogen (secondary N) is 4. The quantitative estimate of drug-likeness (QED) is 0.117. The fourth-order valence-electron chi connectivity index (χ4n) is 6.36. The van der Waals surface area contributed by atoms with Gasteiger partial charge in [0.1, 0.15) is 11.9 Å². The van der Waals surface area contributed by atoms with Crippen LogP contribution in [0.2, 0.25) is 0 Å². The van der Waals surface area contributed by atoms with Gasteiger partial charge < -0.3 is 26.4 Å². The molecule has 1 aliphatic heterocycles. The van der Waals surface area contributed by atoms with Crippen LogP contribution in [0.1, 0.15) is 81.4 Å². The van der Waals surface area contributed by atoms with Gasteiger partial charge in [-0.1, -0.05) is 85.4 Å². The first-order chi connectivity index (χ1) is 23.6. The van der Waals surface area contributed by atoms with E-state index in [0.29, 0.717) is 30.3 Å². The van der Waals surface area contributed by atoms with Gasteiger partial charge in [-0.05, 0) is 67.2 Å². The van der Waals surface area contributed by atoms with Crippen LogP contribution in [0.25, 0.3) is 0 Å². The van der Waals surface area contributed by atoms with Gasteiger partial charge in [0, 0.05) is 35.6 Å². The molecule has 0 spiro atoms. The normalized spacial score (nSPS) is 16.8. The Morgan fingerprint density at radius 1 is 0.980 bits per heavy atom. The van der Waals surface area contributed by atoms with Crippen LogP contribution in [0, 0.1) is 28.6 Å². The average Bonchev–Trinajstić information content (AvgIpc) is 3.08. The summed E-state index contributed by atoms with van der Waals surface area (Å²) in [4.78, 5) is 38.9. The number of likely N-dealkylation sites (tertiary alicyclic amines) is 1. The van der Waals surface area contributed by atoms with Crippen molar-refractivity contribution in [1.82, 2.24) is 15.5 Å². The number of carboxylic acids is 1. The zero-order valence-corrected chi connectivity index (χ0v) is 30.1. The van der Waals surface area contributed by atoms with E-state index < -0.39 is 24.1 Å². The van der Waals surface area contributed by atoms with Gasteiger partial charge in [0.05, 0.1) is 11.8 Å². The molecule has 14 heteroatoms. The van der Waals surface area contributed by atoms with Gasteiger partial charge in [-0.25, -0.2) is 4.79 Å². The number of carbonyl (C=O) groups is 3. The SMILES string of the molecule is CC(C)C(=N)N1CCC(CNC(=O)[C@@H](NC(=O)C(Cc2ccc(C(=N)N)cc2)c2cccc(Br)c2)C2CCCCC2)CC1.O=C(O)C(F)(F)F. The summed E-state index contributed by atoms with van der Waals surface area (Å²) in [6.45, 7) is 6.40. The maximum Gasteiger partial charge on any atom is 0.490 e. The third kappa shape index (κ3) is 12.4. The number of hydrogen-bond acceptors (Lipinski definition) is 5. The van der Waals surface area contributed by atoms with E-state index in [-0.39, 0.29) is 29.5 Å². The highest BCUT2D eigenvalue weighted by Gasteiger charge is 2.38. The summed E-state index contributed by atoms with van der Waals surface area (Å²) in [6, 6.07) is 14.7. The number of rotatable bonds is 11. The summed E-state index contributed by atoms with van der Waals surface area (Å²) in [5, 5.41) is 29.6. The number of amidine groups is 2. The molecule has 0 bridgehead atoms. The molecule has 2 fully saturated rings. The molecule has 50 heavy (non-hydrogen) atoms. The Balaban J connectivity index is 0.000000872. The second kappa shape index (κ2) is 18.9. The first-order valence-electron chi connectivity index (χ1n) is 17.0. The van der Waals surface area contributed by atoms with Crippen LogP contribution in [-0.4, -0.2) is 71.3 Å². The number of aliphatic carboxylic acids is 1. The summed E-state index contributed by atoms with van der Waals surface area (Å²) < 4.78 is 32.6. The Morgan fingerprint density at radius 2 is 1.58 bits per heavy atom. The monoisotopic (exact) mass is 764 g/mol. The summed E-state index contributed by atoms with van der Waals surface area (Å²) in [6.07, 6.45) is 2.45. The first-order valence-corrected chi connectivity index (χ1v) is 17.8. The summed E-state index contributed by atoms with van der Waals surface area (Å²) >= 11 is 3.56. The van der Waals surface area contributed by atoms with E-state index in [2.05, 4.69) is 45.3 Å². The van der Waals surface area contributed by atoms with Crippen molar-refractivity contribution in [2.75, 3.05) is 19.6 Å². The number of nitrogens with two attached hydrogens (primary N) is 1. The number of carbonyl (C=O) groups excluding carboxylic acids is 2. The van der Waals surface area contributed by atoms with Gasteiger partial charge in [0.15, 0.2) is 0 Å². The zero-order chi connectivity index (χ0) is 37.0. The fraction of sp³-hybridized carbons (Fsp3) is 0.528. The third-order valence-electron chi connectivity index (χ3n) is 9.28. The van der Waals surface area contributed by atoms with Crippen molar-refractivity contribution in [3.05, 3.63) is 69.7 Å². The lowest BCUT2D eigenvalue weighted by molar-refractivity contribution is -0.192. The van der Waals surface area contributed by atoms with Crippen LogP contribution in [0.15, 0.2) is 53.0 Å². The molecule has 1 heterocycles. The molecule has 2 aliphatic rings. The molecule has 0 aromatic heterocycles. The molecule has 1 unspecified atom stereocenters. The van der Waals surface area contributed by atoms with Crippen LogP contribution in [-0.2, 0) is 20.8 Å². The minimum absolute atomic E-state index is 0.00903. The molecule has 2 aromatic carbocycles. The second-order valence-corrected chi connectivity index (χ2v) is 14.2. The number of carboxylic acid groups (broad SMARTS) is 1. The largest absolute Gasteiger partial charge is 0.490 e. The van der Waals surface area contributed by atoms with Crippen molar-refractivity contribution in [2.45, 2.75) is 83.4 Å². The molecule has 10 nitrogen and oxygen atoms in total. The molecule has 274 valence electrons. The van der Waals surface area contributed by atoms with Crippen LogP contribution < -0.4 is 16.4 Å². The number of amides is 2. The van der Waals surface area contributed by atoms with Crippen LogP contribution in [0.3, 0.4) is 0 Å². The molecule has 2 amide bonds. The molecule has 1 aliphatic carbocycles. The standard InChI is InChI=1S/C34H47BrN6O2.C2HF3O2/c1-22(2)32(38)41-17-15-24(16-18-41)21-39-34(43)30(25-7-4-3-5-8-25)40-33(42)29(27-9-6-10-28(35)20-27)19-23-11-13-26(14-12-23)31(36)37;3-2(4,5)1(6)7/h6,9-14,20,22,24-25,29-30,38H,3-5,7-8,15-19,21H2,1-2H3,(H3,36,37)(H,39,43)(H,40,42);(H,6,7)/t29?,30-;/m0./s1. The van der Waals surface area contributed by atoms with Gasteiger partial charge >= 0.3 is 12.1 Å². The van der Waals surface area contributed by atoms with Crippen molar-refractivity contribution in [3.8, 4) is 0 Å². The van der Waals surface area contributed by atoms with Gasteiger partial charge in [-0.2, -0.15) is 13.2 Å². The minimum Gasteiger partial charge on any atom is -0.475 e. The Bertz CT molecular complexity index is 1470. The highest BCUT2D eigenvalue weighted by atomic mass is 79.9. The molecule has 0 radical (unpaired) electrons. The van der Waals surface area contributed by atoms with E-state index in [1.165, 1.54) is 6.42 Å². The van der Waals surface area contributed by atoms with Gasteiger partial charge in [0.25, 0.3) is 0 Å². The average molecular weight is 766 g/mol. The Hall–Kier alpha value is -3.94. The van der Waals surface area contributed by atoms with E-state index in [1.54, 1.807) is 0 Å². The first kappa shape index (κ1) is 40.5. The predicted molar refractivity (Wildman–Crippen MR) is 190 cm³/mol. The topological polar surface area (TPSA) is 172 Å². The van der Waals surface area contributed by atoms with E-state index in [0.717, 1.165) is 67.2 Å². The molecular weight excluding hydrogens is 717 g/mol. The second-order valence-electron chi connectivity index (χ2n) is 13.3. The third-order valence-corrected chi connectivity index (χ3v) is 9.78. The maximum atomic E-state index is 14.1. The van der Waals surface area contributed by atoms with Crippen molar-refractivity contribution in [2.24, 2.45) is 23.5 Å². The van der Waals surface area contributed by atoms with Crippen LogP contribution in [0.4, 0.5) is 13.2 Å². The van der Waals surface area contributed by atoms with Crippen LogP contribution in [0.5, 0.6) is 0 Å². The lowest BCUT2D eigenvalue weighted by atomic mass is 9.82. The van der Waals surface area contributed by atoms with Crippen LogP contribution >= 0.6 is 15.9 Å². The predicted octanol–water partition coefficient (Wildman–Crippen LogP) is 6.22. The van der Waals surface area contributed by atoms with E-state index in [4.69, 9.17) is 26.5 Å². The lowest BCUT2D eigenvalue weighted by Gasteiger charge is -2.35. The van der Waals surface area contributed by atoms with Gasteiger partial charge in [-0.15, -0.1) is 0 Å². The van der Waals surface area contributed by atoms with Crippen molar-refractivity contribution >= 4 is 45.4 Å². The number of nitrogens with zero attached hydrogens (tertiary/aromatic N) is 1. The number of piperidine rings is 1. The Labute approximate surface area is 299 Å². The zero-order valence-electron chi connectivity index (χ0n) is 28.5. The highest BCUT2D eigenvalue weighted by Crippen LogP contribution is 2.29. The van der Waals surface area contributed by atoms with Gasteiger partial charge in [0.2, 0.25) is 11.8 Å². The Morgan fingerprint density at radius 3 is 2.10 bits per heavy atom. The molecule has 4 rings (SSSR count). The number of hydrogen-bond donors (Lipinski definition) is 6.